The highest BCUT2D eigenvalue weighted by Crippen LogP contribution is 2.38. The van der Waals surface area contributed by atoms with Crippen LogP contribution >= 0.6 is 0 Å². The number of aryl methyl sites for hydroxylation is 1. The van der Waals surface area contributed by atoms with Crippen LogP contribution in [0.5, 0.6) is 0 Å². The number of piperidine rings is 1. The molecule has 9 nitrogen and oxygen atoms in total. The summed E-state index contributed by atoms with van der Waals surface area (Å²) in [5, 5.41) is 11.1. The average Bonchev–Trinajstić information content (AvgIpc) is 3.16. The van der Waals surface area contributed by atoms with E-state index in [1.165, 1.54) is 11.0 Å². The molecular weight excluding hydrogens is 372 g/mol. The second-order valence-electron chi connectivity index (χ2n) is 8.71. The van der Waals surface area contributed by atoms with Crippen LogP contribution in [0.4, 0.5) is 0 Å². The van der Waals surface area contributed by atoms with Crippen LogP contribution in [0.2, 0.25) is 0 Å². The summed E-state index contributed by atoms with van der Waals surface area (Å²) in [4.78, 5) is 42.8. The molecule has 3 amide bonds. The second kappa shape index (κ2) is 8.12. The highest BCUT2D eigenvalue weighted by molar-refractivity contribution is 5.92. The van der Waals surface area contributed by atoms with Gasteiger partial charge in [0.2, 0.25) is 11.8 Å². The molecule has 158 valence electrons. The zero-order chi connectivity index (χ0) is 20.5. The van der Waals surface area contributed by atoms with Crippen LogP contribution in [0, 0.1) is 5.92 Å². The molecule has 3 unspecified atom stereocenters. The summed E-state index contributed by atoms with van der Waals surface area (Å²) in [5.74, 6) is 0.240. The first-order valence-corrected chi connectivity index (χ1v) is 10.6. The molecule has 4 rings (SSSR count). The monoisotopic (exact) mass is 402 g/mol. The highest BCUT2D eigenvalue weighted by atomic mass is 16.2. The smallest absolute Gasteiger partial charge is 0.276 e. The van der Waals surface area contributed by atoms with Crippen LogP contribution in [0.3, 0.4) is 0 Å². The summed E-state index contributed by atoms with van der Waals surface area (Å²) >= 11 is 0. The quantitative estimate of drug-likeness (QED) is 0.800. The van der Waals surface area contributed by atoms with Gasteiger partial charge in [0.25, 0.3) is 5.91 Å². The van der Waals surface area contributed by atoms with Crippen molar-refractivity contribution in [1.82, 2.24) is 30.1 Å². The fourth-order valence-electron chi connectivity index (χ4n) is 5.20. The standard InChI is InChI=1S/C20H30N6O3/c1-24(19(28)9-13-4-3-7-21-18(27)8-13)16-10-14-5-6-15(11-16)26(14)20(29)17-12-22-25(2)23-17/h12-16H,3-11H2,1-2H3,(H,21,27). The van der Waals surface area contributed by atoms with Gasteiger partial charge in [-0.15, -0.1) is 5.10 Å². The van der Waals surface area contributed by atoms with E-state index in [0.29, 0.717) is 25.1 Å². The van der Waals surface area contributed by atoms with Crippen molar-refractivity contribution in [2.24, 2.45) is 13.0 Å². The molecule has 4 heterocycles. The molecule has 29 heavy (non-hydrogen) atoms. The van der Waals surface area contributed by atoms with Gasteiger partial charge in [0.15, 0.2) is 5.69 Å². The van der Waals surface area contributed by atoms with Crippen molar-refractivity contribution < 1.29 is 14.4 Å². The SMILES string of the molecule is CN(C(=O)CC1CCCNC(=O)C1)C1CC2CCC(C1)N2C(=O)c1cnn(C)n1. The molecule has 9 heteroatoms. The first-order valence-electron chi connectivity index (χ1n) is 10.6. The van der Waals surface area contributed by atoms with Gasteiger partial charge in [-0.2, -0.15) is 9.90 Å². The minimum absolute atomic E-state index is 0.0526. The van der Waals surface area contributed by atoms with Gasteiger partial charge in [0.1, 0.15) is 0 Å². The van der Waals surface area contributed by atoms with Crippen molar-refractivity contribution in [3.63, 3.8) is 0 Å². The van der Waals surface area contributed by atoms with Crippen LogP contribution in [0.25, 0.3) is 0 Å². The van der Waals surface area contributed by atoms with E-state index in [9.17, 15) is 14.4 Å². The van der Waals surface area contributed by atoms with E-state index in [4.69, 9.17) is 0 Å². The molecule has 3 fully saturated rings. The lowest BCUT2D eigenvalue weighted by Crippen LogP contribution is -2.53. The predicted molar refractivity (Wildman–Crippen MR) is 105 cm³/mol. The number of nitrogens with zero attached hydrogens (tertiary/aromatic N) is 5. The Labute approximate surface area is 170 Å². The van der Waals surface area contributed by atoms with Crippen LogP contribution in [-0.2, 0) is 16.6 Å². The molecule has 3 aliphatic heterocycles. The second-order valence-corrected chi connectivity index (χ2v) is 8.71. The van der Waals surface area contributed by atoms with Crippen molar-refractivity contribution in [2.45, 2.75) is 69.5 Å². The number of carbonyl (C=O) groups excluding carboxylic acids is 3. The van der Waals surface area contributed by atoms with Gasteiger partial charge >= 0.3 is 0 Å². The third-order valence-corrected chi connectivity index (χ3v) is 6.75. The van der Waals surface area contributed by atoms with E-state index >= 15 is 0 Å². The Hall–Kier alpha value is -2.45. The first kappa shape index (κ1) is 19.8. The van der Waals surface area contributed by atoms with Gasteiger partial charge in [-0.1, -0.05) is 0 Å². The number of rotatable bonds is 4. The molecule has 0 spiro atoms. The Kier molecular flexibility index (Phi) is 5.56. The Morgan fingerprint density at radius 1 is 1.24 bits per heavy atom. The van der Waals surface area contributed by atoms with Gasteiger partial charge in [-0.05, 0) is 44.4 Å². The molecular formula is C20H30N6O3. The van der Waals surface area contributed by atoms with Crippen LogP contribution < -0.4 is 5.32 Å². The Morgan fingerprint density at radius 2 is 1.97 bits per heavy atom. The summed E-state index contributed by atoms with van der Waals surface area (Å²) in [6.45, 7) is 0.709. The molecule has 1 N–H and O–H groups in total. The Bertz CT molecular complexity index is 779. The summed E-state index contributed by atoms with van der Waals surface area (Å²) in [5.41, 5.74) is 0.388. The molecule has 0 aliphatic carbocycles. The summed E-state index contributed by atoms with van der Waals surface area (Å²) in [6, 6.07) is 0.435. The lowest BCUT2D eigenvalue weighted by molar-refractivity contribution is -0.134. The van der Waals surface area contributed by atoms with E-state index in [2.05, 4.69) is 15.5 Å². The van der Waals surface area contributed by atoms with Crippen LogP contribution in [0.15, 0.2) is 6.20 Å². The molecule has 1 aromatic heterocycles. The molecule has 3 aliphatic rings. The van der Waals surface area contributed by atoms with Crippen LogP contribution in [0.1, 0.15) is 61.9 Å². The minimum Gasteiger partial charge on any atom is -0.356 e. The normalized spacial score (nSPS) is 29.3. The summed E-state index contributed by atoms with van der Waals surface area (Å²) in [7, 11) is 3.58. The van der Waals surface area contributed by atoms with E-state index in [1.54, 1.807) is 7.05 Å². The maximum Gasteiger partial charge on any atom is 0.276 e. The van der Waals surface area contributed by atoms with E-state index < -0.39 is 0 Å². The molecule has 0 aromatic carbocycles. The molecule has 0 radical (unpaired) electrons. The van der Waals surface area contributed by atoms with Crippen molar-refractivity contribution in [2.75, 3.05) is 13.6 Å². The van der Waals surface area contributed by atoms with Crippen molar-refractivity contribution in [1.29, 1.82) is 0 Å². The lowest BCUT2D eigenvalue weighted by atomic mass is 9.93. The zero-order valence-electron chi connectivity index (χ0n) is 17.2. The Morgan fingerprint density at radius 3 is 2.62 bits per heavy atom. The molecule has 3 saturated heterocycles. The third kappa shape index (κ3) is 4.13. The molecule has 1 aromatic rings. The van der Waals surface area contributed by atoms with Gasteiger partial charge in [0.05, 0.1) is 6.20 Å². The zero-order valence-corrected chi connectivity index (χ0v) is 17.2. The summed E-state index contributed by atoms with van der Waals surface area (Å²) in [6.07, 6.45) is 7.77. The summed E-state index contributed by atoms with van der Waals surface area (Å²) < 4.78 is 0. The molecule has 2 bridgehead atoms. The van der Waals surface area contributed by atoms with Crippen molar-refractivity contribution in [3.8, 4) is 0 Å². The maximum atomic E-state index is 12.9. The minimum atomic E-state index is -0.0532. The fraction of sp³-hybridized carbons (Fsp3) is 0.750. The number of carbonyl (C=O) groups is 3. The van der Waals surface area contributed by atoms with Gasteiger partial charge in [-0.25, -0.2) is 0 Å². The number of hydrogen-bond acceptors (Lipinski definition) is 5. The van der Waals surface area contributed by atoms with Crippen LogP contribution in [-0.4, -0.2) is 74.2 Å². The average molecular weight is 402 g/mol. The number of aromatic nitrogens is 3. The third-order valence-electron chi connectivity index (χ3n) is 6.75. The van der Waals surface area contributed by atoms with E-state index in [-0.39, 0.29) is 41.8 Å². The van der Waals surface area contributed by atoms with Crippen molar-refractivity contribution >= 4 is 17.7 Å². The molecule has 3 atom stereocenters. The predicted octanol–water partition coefficient (Wildman–Crippen LogP) is 0.716. The first-order chi connectivity index (χ1) is 13.9. The van der Waals surface area contributed by atoms with Gasteiger partial charge in [-0.3, -0.25) is 14.4 Å². The van der Waals surface area contributed by atoms with E-state index in [1.807, 2.05) is 16.8 Å². The highest BCUT2D eigenvalue weighted by Gasteiger charge is 2.45. The number of hydrogen-bond donors (Lipinski definition) is 1. The fourth-order valence-corrected chi connectivity index (χ4v) is 5.20. The van der Waals surface area contributed by atoms with Gasteiger partial charge < -0.3 is 15.1 Å². The van der Waals surface area contributed by atoms with Gasteiger partial charge in [0, 0.05) is 51.6 Å². The number of fused-ring (bicyclic) bond motifs is 2. The number of nitrogens with one attached hydrogen (secondary N) is 1. The Balaban J connectivity index is 1.37. The van der Waals surface area contributed by atoms with E-state index in [0.717, 1.165) is 38.5 Å². The van der Waals surface area contributed by atoms with Crippen molar-refractivity contribution in [3.05, 3.63) is 11.9 Å². The largest absolute Gasteiger partial charge is 0.356 e. The maximum absolute atomic E-state index is 12.9. The topological polar surface area (TPSA) is 100 Å². The number of amides is 3. The molecule has 0 saturated carbocycles. The lowest BCUT2D eigenvalue weighted by Gasteiger charge is -2.42.